The van der Waals surface area contributed by atoms with Crippen LogP contribution in [0.3, 0.4) is 0 Å². The van der Waals surface area contributed by atoms with Crippen molar-refractivity contribution in [1.29, 1.82) is 0 Å². The van der Waals surface area contributed by atoms with Crippen LogP contribution in [0.2, 0.25) is 0 Å². The lowest BCUT2D eigenvalue weighted by atomic mass is 9.44. The highest BCUT2D eigenvalue weighted by atomic mass is 16.7. The molecule has 13 atom stereocenters. The average molecular weight is 517 g/mol. The Morgan fingerprint density at radius 1 is 0.838 bits per heavy atom. The molecule has 6 rings (SSSR count). The first-order valence-corrected chi connectivity index (χ1v) is 15.1. The van der Waals surface area contributed by atoms with Crippen LogP contribution in [0.25, 0.3) is 0 Å². The van der Waals surface area contributed by atoms with E-state index < -0.39 is 5.79 Å². The lowest BCUT2D eigenvalue weighted by Crippen LogP contribution is -2.57. The number of rotatable bonds is 2. The van der Waals surface area contributed by atoms with Crippen LogP contribution in [0.5, 0.6) is 0 Å². The Morgan fingerprint density at radius 2 is 1.57 bits per heavy atom. The van der Waals surface area contributed by atoms with Gasteiger partial charge in [0.15, 0.2) is 5.79 Å². The van der Waals surface area contributed by atoms with Crippen molar-refractivity contribution in [3.63, 3.8) is 0 Å². The molecule has 6 aliphatic rings. The van der Waals surface area contributed by atoms with Gasteiger partial charge in [0.25, 0.3) is 0 Å². The third-order valence-corrected chi connectivity index (χ3v) is 12.5. The van der Waals surface area contributed by atoms with E-state index in [1.807, 2.05) is 0 Å². The van der Waals surface area contributed by atoms with E-state index >= 15 is 0 Å². The van der Waals surface area contributed by atoms with Crippen LogP contribution in [0, 0.1) is 52.3 Å². The van der Waals surface area contributed by atoms with Gasteiger partial charge in [0.1, 0.15) is 18.3 Å². The normalized spacial score (nSPS) is 54.5. The Morgan fingerprint density at radius 3 is 2.24 bits per heavy atom. The van der Waals surface area contributed by atoms with Crippen LogP contribution in [-0.2, 0) is 28.5 Å². The molecule has 4 saturated carbocycles. The lowest BCUT2D eigenvalue weighted by molar-refractivity contribution is -0.283. The lowest BCUT2D eigenvalue weighted by Gasteiger charge is -2.61. The zero-order valence-corrected chi connectivity index (χ0v) is 23.8. The van der Waals surface area contributed by atoms with Crippen LogP contribution in [-0.4, -0.2) is 42.6 Å². The minimum absolute atomic E-state index is 0.0734. The highest BCUT2D eigenvalue weighted by molar-refractivity contribution is 5.66. The van der Waals surface area contributed by atoms with Crippen molar-refractivity contribution in [2.24, 2.45) is 52.3 Å². The van der Waals surface area contributed by atoms with Gasteiger partial charge in [-0.25, -0.2) is 0 Å². The Hall–Kier alpha value is -1.14. The minimum Gasteiger partial charge on any atom is -0.463 e. The summed E-state index contributed by atoms with van der Waals surface area (Å²) in [6.45, 7) is 13.5. The van der Waals surface area contributed by atoms with E-state index in [2.05, 4.69) is 27.7 Å². The molecule has 1 spiro atoms. The van der Waals surface area contributed by atoms with Gasteiger partial charge in [0.05, 0.1) is 6.61 Å². The molecule has 0 aromatic carbocycles. The van der Waals surface area contributed by atoms with E-state index in [1.54, 1.807) is 6.92 Å². The third kappa shape index (κ3) is 3.85. The predicted octanol–water partition coefficient (Wildman–Crippen LogP) is 5.91. The summed E-state index contributed by atoms with van der Waals surface area (Å²) in [4.78, 5) is 24.1. The second-order valence-electron chi connectivity index (χ2n) is 14.4. The van der Waals surface area contributed by atoms with Gasteiger partial charge in [-0.1, -0.05) is 27.7 Å². The second kappa shape index (κ2) is 8.94. The van der Waals surface area contributed by atoms with Gasteiger partial charge in [0, 0.05) is 38.0 Å². The summed E-state index contributed by atoms with van der Waals surface area (Å²) in [5.41, 5.74) is 0.342. The molecule has 4 aliphatic carbocycles. The number of fused-ring (bicyclic) bond motifs is 7. The second-order valence-corrected chi connectivity index (χ2v) is 14.4. The molecule has 2 aliphatic heterocycles. The molecule has 0 N–H and O–H groups in total. The zero-order chi connectivity index (χ0) is 26.3. The maximum atomic E-state index is 12.5. The van der Waals surface area contributed by atoms with Crippen molar-refractivity contribution >= 4 is 11.9 Å². The minimum atomic E-state index is -0.524. The van der Waals surface area contributed by atoms with Gasteiger partial charge in [-0.05, 0) is 85.9 Å². The summed E-state index contributed by atoms with van der Waals surface area (Å²) in [6, 6.07) is 0. The van der Waals surface area contributed by atoms with Gasteiger partial charge in [-0.15, -0.1) is 0 Å². The Balaban J connectivity index is 1.30. The molecule has 2 saturated heterocycles. The first-order chi connectivity index (χ1) is 17.5. The van der Waals surface area contributed by atoms with Crippen molar-refractivity contribution in [2.75, 3.05) is 6.61 Å². The molecule has 6 fully saturated rings. The smallest absolute Gasteiger partial charge is 0.303 e. The molecule has 6 nitrogen and oxygen atoms in total. The number of hydrogen-bond donors (Lipinski definition) is 0. The van der Waals surface area contributed by atoms with E-state index in [1.165, 1.54) is 26.2 Å². The highest BCUT2D eigenvalue weighted by Gasteiger charge is 2.73. The topological polar surface area (TPSA) is 71.1 Å². The van der Waals surface area contributed by atoms with Gasteiger partial charge in [-0.3, -0.25) is 9.59 Å². The maximum absolute atomic E-state index is 12.5. The molecular formula is C31H48O6. The molecule has 0 unspecified atom stereocenters. The fourth-order valence-electron chi connectivity index (χ4n) is 10.9. The van der Waals surface area contributed by atoms with Crippen LogP contribution in [0.15, 0.2) is 0 Å². The standard InChI is InChI=1S/C31H48O6/c1-17-9-14-31(34-16-17)18(2)25-28(37-31)27(36-20(4)33)26-23-8-7-21-15-22(35-19(3)32)10-12-29(21,5)24(23)11-13-30(25,26)6/h17-18,21-28H,7-16H2,1-6H3/t17-,18+,21+,22+,23-,24+,25+,26-,27-,28-,29+,30-,31-/m1/s1. The SMILES string of the molecule is CC(=O)O[C@H]1CC[C@@]2(C)[C@@H](CC[C@H]3[C@@H]4[C@@H](OC(C)=O)[C@@H]5O[C@]6(CC[C@@H](C)CO6)[C@@H](C)[C@@H]5[C@@]4(C)CC[C@@H]32)C1. The predicted molar refractivity (Wildman–Crippen MR) is 138 cm³/mol. The summed E-state index contributed by atoms with van der Waals surface area (Å²) in [6.07, 6.45) is 9.68. The van der Waals surface area contributed by atoms with Crippen molar-refractivity contribution in [2.45, 2.75) is 123 Å². The summed E-state index contributed by atoms with van der Waals surface area (Å²) in [5.74, 6) is 2.43. The van der Waals surface area contributed by atoms with Crippen molar-refractivity contribution in [1.82, 2.24) is 0 Å². The fraction of sp³-hybridized carbons (Fsp3) is 0.935. The van der Waals surface area contributed by atoms with Crippen LogP contribution < -0.4 is 0 Å². The summed E-state index contributed by atoms with van der Waals surface area (Å²) in [5, 5.41) is 0. The monoisotopic (exact) mass is 516 g/mol. The molecule has 208 valence electrons. The number of carbonyl (C=O) groups excluding carboxylic acids is 2. The largest absolute Gasteiger partial charge is 0.463 e. The highest BCUT2D eigenvalue weighted by Crippen LogP contribution is 2.71. The molecule has 0 amide bonds. The van der Waals surface area contributed by atoms with E-state index in [0.29, 0.717) is 41.4 Å². The third-order valence-electron chi connectivity index (χ3n) is 12.5. The van der Waals surface area contributed by atoms with Crippen molar-refractivity contribution in [3.05, 3.63) is 0 Å². The van der Waals surface area contributed by atoms with E-state index in [4.69, 9.17) is 18.9 Å². The summed E-state index contributed by atoms with van der Waals surface area (Å²) >= 11 is 0. The molecule has 0 aromatic heterocycles. The van der Waals surface area contributed by atoms with Gasteiger partial charge in [-0.2, -0.15) is 0 Å². The van der Waals surface area contributed by atoms with Crippen LogP contribution >= 0.6 is 0 Å². The average Bonchev–Trinajstić information content (AvgIpc) is 3.24. The van der Waals surface area contributed by atoms with Crippen LogP contribution in [0.1, 0.15) is 99.3 Å². The molecular weight excluding hydrogens is 468 g/mol. The molecule has 0 bridgehead atoms. The zero-order valence-electron chi connectivity index (χ0n) is 23.8. The molecule has 37 heavy (non-hydrogen) atoms. The number of carbonyl (C=O) groups is 2. The number of hydrogen-bond acceptors (Lipinski definition) is 6. The Labute approximate surface area is 222 Å². The first-order valence-electron chi connectivity index (χ1n) is 15.1. The molecule has 0 radical (unpaired) electrons. The summed E-state index contributed by atoms with van der Waals surface area (Å²) in [7, 11) is 0. The van der Waals surface area contributed by atoms with Crippen molar-refractivity contribution < 1.29 is 28.5 Å². The maximum Gasteiger partial charge on any atom is 0.303 e. The van der Waals surface area contributed by atoms with Crippen molar-refractivity contribution in [3.8, 4) is 0 Å². The van der Waals surface area contributed by atoms with Crippen LogP contribution in [0.4, 0.5) is 0 Å². The van der Waals surface area contributed by atoms with E-state index in [-0.39, 0.29) is 41.1 Å². The van der Waals surface area contributed by atoms with Gasteiger partial charge in [0.2, 0.25) is 0 Å². The summed E-state index contributed by atoms with van der Waals surface area (Å²) < 4.78 is 25.4. The van der Waals surface area contributed by atoms with E-state index in [0.717, 1.165) is 45.1 Å². The Bertz CT molecular complexity index is 925. The number of ether oxygens (including phenoxy) is 4. The molecule has 6 heteroatoms. The van der Waals surface area contributed by atoms with E-state index in [9.17, 15) is 9.59 Å². The number of esters is 2. The molecule has 2 heterocycles. The first kappa shape index (κ1) is 26.1. The quantitative estimate of drug-likeness (QED) is 0.425. The van der Waals surface area contributed by atoms with Gasteiger partial charge >= 0.3 is 11.9 Å². The molecule has 0 aromatic rings. The fourth-order valence-corrected chi connectivity index (χ4v) is 10.9. The Kier molecular flexibility index (Phi) is 6.31. The van der Waals surface area contributed by atoms with Gasteiger partial charge < -0.3 is 18.9 Å².